The van der Waals surface area contributed by atoms with Crippen molar-refractivity contribution in [3.05, 3.63) is 70.3 Å². The lowest BCUT2D eigenvalue weighted by molar-refractivity contribution is 0.103. The molecule has 2 rings (SSSR count). The Morgan fingerprint density at radius 1 is 1.11 bits per heavy atom. The highest BCUT2D eigenvalue weighted by Crippen LogP contribution is 2.17. The van der Waals surface area contributed by atoms with E-state index in [1.807, 2.05) is 56.3 Å². The zero-order valence-corrected chi connectivity index (χ0v) is 11.4. The molecule has 19 heavy (non-hydrogen) atoms. The molecular formula is C17H19NO. The monoisotopic (exact) mass is 253 g/mol. The summed E-state index contributed by atoms with van der Waals surface area (Å²) in [4.78, 5) is 12.5. The first-order chi connectivity index (χ1) is 9.11. The third-order valence-corrected chi connectivity index (χ3v) is 3.26. The molecule has 2 nitrogen and oxygen atoms in total. The molecule has 0 spiro atoms. The molecule has 2 aromatic rings. The molecule has 0 atom stereocenters. The molecule has 0 saturated carbocycles. The van der Waals surface area contributed by atoms with Crippen LogP contribution in [0.15, 0.2) is 42.5 Å². The van der Waals surface area contributed by atoms with Crippen LogP contribution in [0.4, 0.5) is 0 Å². The summed E-state index contributed by atoms with van der Waals surface area (Å²) in [5.74, 6) is 0.0834. The maximum Gasteiger partial charge on any atom is 0.193 e. The third-order valence-electron chi connectivity index (χ3n) is 3.26. The van der Waals surface area contributed by atoms with Crippen LogP contribution < -0.4 is 5.73 Å². The van der Waals surface area contributed by atoms with Gasteiger partial charge in [0.15, 0.2) is 5.78 Å². The van der Waals surface area contributed by atoms with Crippen LogP contribution in [-0.4, -0.2) is 12.3 Å². The minimum Gasteiger partial charge on any atom is -0.330 e. The van der Waals surface area contributed by atoms with Crippen LogP contribution in [0.1, 0.15) is 32.6 Å². The van der Waals surface area contributed by atoms with Gasteiger partial charge in [-0.3, -0.25) is 4.79 Å². The smallest absolute Gasteiger partial charge is 0.193 e. The molecule has 0 saturated heterocycles. The van der Waals surface area contributed by atoms with Crippen molar-refractivity contribution >= 4 is 5.78 Å². The topological polar surface area (TPSA) is 43.1 Å². The van der Waals surface area contributed by atoms with Crippen molar-refractivity contribution in [2.45, 2.75) is 20.3 Å². The first-order valence-electron chi connectivity index (χ1n) is 6.53. The van der Waals surface area contributed by atoms with Crippen molar-refractivity contribution in [3.63, 3.8) is 0 Å². The van der Waals surface area contributed by atoms with E-state index in [0.29, 0.717) is 6.54 Å². The molecule has 0 unspecified atom stereocenters. The van der Waals surface area contributed by atoms with Gasteiger partial charge in [0.05, 0.1) is 0 Å². The van der Waals surface area contributed by atoms with Gasteiger partial charge in [-0.2, -0.15) is 0 Å². The Hall–Kier alpha value is -1.93. The summed E-state index contributed by atoms with van der Waals surface area (Å²) in [6.07, 6.45) is 0.800. The highest BCUT2D eigenvalue weighted by Gasteiger charge is 2.12. The van der Waals surface area contributed by atoms with E-state index in [0.717, 1.165) is 34.2 Å². The van der Waals surface area contributed by atoms with Gasteiger partial charge in [-0.15, -0.1) is 0 Å². The van der Waals surface area contributed by atoms with E-state index in [2.05, 4.69) is 0 Å². The van der Waals surface area contributed by atoms with E-state index in [-0.39, 0.29) is 5.78 Å². The second-order valence-corrected chi connectivity index (χ2v) is 4.89. The number of ketones is 1. The fourth-order valence-electron chi connectivity index (χ4n) is 2.17. The molecule has 2 heteroatoms. The normalized spacial score (nSPS) is 10.5. The fourth-order valence-corrected chi connectivity index (χ4v) is 2.17. The lowest BCUT2D eigenvalue weighted by atomic mass is 9.96. The molecule has 0 aliphatic carbocycles. The van der Waals surface area contributed by atoms with Gasteiger partial charge < -0.3 is 5.73 Å². The minimum absolute atomic E-state index is 0.0834. The van der Waals surface area contributed by atoms with Crippen molar-refractivity contribution < 1.29 is 4.79 Å². The standard InChI is InChI=1S/C17H19NO/c1-12-6-7-13(2)16(10-12)17(19)15-5-3-4-14(11-15)8-9-18/h3-7,10-11H,8-9,18H2,1-2H3. The summed E-state index contributed by atoms with van der Waals surface area (Å²) >= 11 is 0. The minimum atomic E-state index is 0.0834. The van der Waals surface area contributed by atoms with Gasteiger partial charge in [-0.1, -0.05) is 35.9 Å². The first kappa shape index (κ1) is 13.5. The summed E-state index contributed by atoms with van der Waals surface area (Å²) in [5, 5.41) is 0. The molecule has 0 aliphatic heterocycles. The summed E-state index contributed by atoms with van der Waals surface area (Å²) in [6, 6.07) is 13.7. The van der Waals surface area contributed by atoms with Crippen molar-refractivity contribution in [1.29, 1.82) is 0 Å². The first-order valence-corrected chi connectivity index (χ1v) is 6.53. The second-order valence-electron chi connectivity index (χ2n) is 4.89. The van der Waals surface area contributed by atoms with Crippen LogP contribution in [0.25, 0.3) is 0 Å². The Morgan fingerprint density at radius 2 is 1.89 bits per heavy atom. The predicted molar refractivity (Wildman–Crippen MR) is 78.5 cm³/mol. The molecule has 0 amide bonds. The van der Waals surface area contributed by atoms with E-state index in [1.54, 1.807) is 0 Å². The number of rotatable bonds is 4. The number of hydrogen-bond donors (Lipinski definition) is 1. The summed E-state index contributed by atoms with van der Waals surface area (Å²) in [5.41, 5.74) is 10.3. The quantitative estimate of drug-likeness (QED) is 0.851. The van der Waals surface area contributed by atoms with Crippen LogP contribution in [0.5, 0.6) is 0 Å². The van der Waals surface area contributed by atoms with Crippen molar-refractivity contribution in [3.8, 4) is 0 Å². The maximum atomic E-state index is 12.5. The van der Waals surface area contributed by atoms with Crippen molar-refractivity contribution in [1.82, 2.24) is 0 Å². The van der Waals surface area contributed by atoms with Gasteiger partial charge in [0.2, 0.25) is 0 Å². The molecular weight excluding hydrogens is 234 g/mol. The number of carbonyl (C=O) groups excluding carboxylic acids is 1. The number of benzene rings is 2. The van der Waals surface area contributed by atoms with E-state index in [4.69, 9.17) is 5.73 Å². The predicted octanol–water partition coefficient (Wildman–Crippen LogP) is 3.04. The average Bonchev–Trinajstić information content (AvgIpc) is 2.41. The Labute approximate surface area is 114 Å². The number of aryl methyl sites for hydroxylation is 2. The molecule has 0 heterocycles. The fraction of sp³-hybridized carbons (Fsp3) is 0.235. The highest BCUT2D eigenvalue weighted by molar-refractivity contribution is 6.10. The second kappa shape index (κ2) is 5.81. The lowest BCUT2D eigenvalue weighted by Gasteiger charge is -2.08. The van der Waals surface area contributed by atoms with Gasteiger partial charge in [-0.05, 0) is 50.1 Å². The summed E-state index contributed by atoms with van der Waals surface area (Å²) < 4.78 is 0. The van der Waals surface area contributed by atoms with Crippen molar-refractivity contribution in [2.24, 2.45) is 5.73 Å². The van der Waals surface area contributed by atoms with Crippen LogP contribution in [-0.2, 0) is 6.42 Å². The van der Waals surface area contributed by atoms with Gasteiger partial charge in [0.25, 0.3) is 0 Å². The van der Waals surface area contributed by atoms with E-state index < -0.39 is 0 Å². The van der Waals surface area contributed by atoms with Crippen LogP contribution in [0.2, 0.25) is 0 Å². The van der Waals surface area contributed by atoms with Gasteiger partial charge in [0, 0.05) is 11.1 Å². The Kier molecular flexibility index (Phi) is 4.13. The number of carbonyl (C=O) groups is 1. The largest absolute Gasteiger partial charge is 0.330 e. The zero-order valence-electron chi connectivity index (χ0n) is 11.4. The number of hydrogen-bond acceptors (Lipinski definition) is 2. The van der Waals surface area contributed by atoms with Crippen LogP contribution >= 0.6 is 0 Å². The molecule has 0 radical (unpaired) electrons. The molecule has 0 aromatic heterocycles. The van der Waals surface area contributed by atoms with Gasteiger partial charge in [0.1, 0.15) is 0 Å². The SMILES string of the molecule is Cc1ccc(C)c(C(=O)c2cccc(CCN)c2)c1. The maximum absolute atomic E-state index is 12.5. The molecule has 98 valence electrons. The van der Waals surface area contributed by atoms with Crippen LogP contribution in [0.3, 0.4) is 0 Å². The molecule has 2 aromatic carbocycles. The summed E-state index contributed by atoms with van der Waals surface area (Å²) in [7, 11) is 0. The van der Waals surface area contributed by atoms with Crippen molar-refractivity contribution in [2.75, 3.05) is 6.54 Å². The van der Waals surface area contributed by atoms with Crippen LogP contribution in [0, 0.1) is 13.8 Å². The molecule has 0 bridgehead atoms. The molecule has 2 N–H and O–H groups in total. The third kappa shape index (κ3) is 3.09. The Morgan fingerprint density at radius 3 is 2.63 bits per heavy atom. The summed E-state index contributed by atoms with van der Waals surface area (Å²) in [6.45, 7) is 4.57. The van der Waals surface area contributed by atoms with E-state index in [9.17, 15) is 4.79 Å². The zero-order chi connectivity index (χ0) is 13.8. The molecule has 0 fully saturated rings. The highest BCUT2D eigenvalue weighted by atomic mass is 16.1. The van der Waals surface area contributed by atoms with Gasteiger partial charge >= 0.3 is 0 Å². The Bertz CT molecular complexity index is 602. The average molecular weight is 253 g/mol. The Balaban J connectivity index is 2.38. The van der Waals surface area contributed by atoms with E-state index >= 15 is 0 Å². The number of nitrogens with two attached hydrogens (primary N) is 1. The van der Waals surface area contributed by atoms with E-state index in [1.165, 1.54) is 0 Å². The molecule has 0 aliphatic rings. The lowest BCUT2D eigenvalue weighted by Crippen LogP contribution is -2.07. The van der Waals surface area contributed by atoms with Gasteiger partial charge in [-0.25, -0.2) is 0 Å².